The maximum atomic E-state index is 13.6. The molecule has 2 nitrogen and oxygen atoms in total. The van der Waals surface area contributed by atoms with Crippen molar-refractivity contribution in [2.24, 2.45) is 5.84 Å². The minimum atomic E-state index is -1.04. The summed E-state index contributed by atoms with van der Waals surface area (Å²) in [6, 6.07) is 5.94. The van der Waals surface area contributed by atoms with E-state index in [4.69, 9.17) is 5.84 Å². The number of nitrogens with one attached hydrogen (secondary N) is 1. The van der Waals surface area contributed by atoms with Crippen LogP contribution in [0, 0.1) is 23.3 Å². The van der Waals surface area contributed by atoms with Crippen LogP contribution in [-0.2, 0) is 6.42 Å². The zero-order valence-electron chi connectivity index (χ0n) is 10.3. The molecule has 0 spiro atoms. The zero-order chi connectivity index (χ0) is 14.7. The van der Waals surface area contributed by atoms with Gasteiger partial charge in [0.25, 0.3) is 0 Å². The molecule has 0 fully saturated rings. The smallest absolute Gasteiger partial charge is 0.159 e. The van der Waals surface area contributed by atoms with E-state index in [9.17, 15) is 17.6 Å². The molecule has 0 aliphatic heterocycles. The van der Waals surface area contributed by atoms with E-state index in [1.54, 1.807) is 0 Å². The van der Waals surface area contributed by atoms with Crippen molar-refractivity contribution >= 4 is 0 Å². The second-order valence-electron chi connectivity index (χ2n) is 4.30. The largest absolute Gasteiger partial charge is 0.271 e. The molecule has 0 aliphatic carbocycles. The lowest BCUT2D eigenvalue weighted by Crippen LogP contribution is -2.30. The lowest BCUT2D eigenvalue weighted by molar-refractivity contribution is 0.485. The molecule has 6 heteroatoms. The lowest BCUT2D eigenvalue weighted by Gasteiger charge is -2.17. The summed E-state index contributed by atoms with van der Waals surface area (Å²) >= 11 is 0. The molecular weight excluding hydrogens is 272 g/mol. The summed E-state index contributed by atoms with van der Waals surface area (Å²) in [5.41, 5.74) is 2.48. The summed E-state index contributed by atoms with van der Waals surface area (Å²) in [7, 11) is 0. The minimum Gasteiger partial charge on any atom is -0.271 e. The summed E-state index contributed by atoms with van der Waals surface area (Å²) in [4.78, 5) is 0. The average Bonchev–Trinajstić information content (AvgIpc) is 2.42. The Morgan fingerprint density at radius 1 is 0.900 bits per heavy atom. The predicted molar refractivity (Wildman–Crippen MR) is 66.5 cm³/mol. The molecule has 0 amide bonds. The van der Waals surface area contributed by atoms with Crippen LogP contribution in [-0.4, -0.2) is 0 Å². The van der Waals surface area contributed by atoms with Gasteiger partial charge in [0.1, 0.15) is 11.6 Å². The van der Waals surface area contributed by atoms with Crippen LogP contribution < -0.4 is 11.3 Å². The van der Waals surface area contributed by atoms with Gasteiger partial charge in [-0.2, -0.15) is 0 Å². The van der Waals surface area contributed by atoms with Gasteiger partial charge in [0.2, 0.25) is 0 Å². The fourth-order valence-corrected chi connectivity index (χ4v) is 1.93. The second kappa shape index (κ2) is 6.02. The van der Waals surface area contributed by atoms with Crippen molar-refractivity contribution in [3.63, 3.8) is 0 Å². The third-order valence-corrected chi connectivity index (χ3v) is 3.02. The fourth-order valence-electron chi connectivity index (χ4n) is 1.93. The fraction of sp³-hybridized carbons (Fsp3) is 0.143. The molecule has 3 N–H and O–H groups in total. The van der Waals surface area contributed by atoms with E-state index in [-0.39, 0.29) is 12.0 Å². The van der Waals surface area contributed by atoms with Gasteiger partial charge in [-0.3, -0.25) is 11.3 Å². The van der Waals surface area contributed by atoms with Gasteiger partial charge >= 0.3 is 0 Å². The first kappa shape index (κ1) is 14.5. The number of nitrogens with two attached hydrogens (primary N) is 1. The molecule has 0 bridgehead atoms. The van der Waals surface area contributed by atoms with Crippen LogP contribution in [0.1, 0.15) is 17.2 Å². The van der Waals surface area contributed by atoms with Crippen LogP contribution in [0.25, 0.3) is 0 Å². The van der Waals surface area contributed by atoms with Crippen molar-refractivity contribution in [3.05, 3.63) is 70.8 Å². The Bertz CT molecular complexity index is 596. The predicted octanol–water partition coefficient (Wildman–Crippen LogP) is 2.99. The topological polar surface area (TPSA) is 38.0 Å². The molecule has 0 saturated heterocycles. The van der Waals surface area contributed by atoms with E-state index in [1.165, 1.54) is 12.1 Å². The van der Waals surface area contributed by atoms with Gasteiger partial charge in [-0.1, -0.05) is 12.1 Å². The van der Waals surface area contributed by atoms with Gasteiger partial charge in [-0.15, -0.1) is 0 Å². The van der Waals surface area contributed by atoms with Gasteiger partial charge < -0.3 is 0 Å². The van der Waals surface area contributed by atoms with Gasteiger partial charge in [0.05, 0.1) is 6.04 Å². The molecule has 20 heavy (non-hydrogen) atoms. The van der Waals surface area contributed by atoms with E-state index in [1.807, 2.05) is 0 Å². The zero-order valence-corrected chi connectivity index (χ0v) is 10.3. The molecule has 0 saturated carbocycles. The monoisotopic (exact) mass is 284 g/mol. The Hall–Kier alpha value is -1.92. The first-order valence-electron chi connectivity index (χ1n) is 5.87. The van der Waals surface area contributed by atoms with Crippen LogP contribution in [0.5, 0.6) is 0 Å². The Balaban J connectivity index is 2.31. The molecular formula is C14H12F4N2. The van der Waals surface area contributed by atoms with E-state index < -0.39 is 29.3 Å². The van der Waals surface area contributed by atoms with Crippen molar-refractivity contribution in [2.75, 3.05) is 0 Å². The third-order valence-electron chi connectivity index (χ3n) is 3.02. The maximum absolute atomic E-state index is 13.6. The SMILES string of the molecule is NNC(Cc1c(F)cccc1F)c1ccc(F)c(F)c1. The number of halogens is 4. The normalized spacial score (nSPS) is 12.4. The van der Waals surface area contributed by atoms with E-state index in [0.29, 0.717) is 5.56 Å². The van der Waals surface area contributed by atoms with Crippen molar-refractivity contribution in [1.82, 2.24) is 5.43 Å². The van der Waals surface area contributed by atoms with Crippen molar-refractivity contribution in [3.8, 4) is 0 Å². The molecule has 1 atom stereocenters. The van der Waals surface area contributed by atoms with E-state index in [2.05, 4.69) is 5.43 Å². The average molecular weight is 284 g/mol. The van der Waals surface area contributed by atoms with Crippen LogP contribution >= 0.6 is 0 Å². The number of benzene rings is 2. The molecule has 106 valence electrons. The molecule has 1 unspecified atom stereocenters. The summed E-state index contributed by atoms with van der Waals surface area (Å²) in [5.74, 6) is 1.86. The summed E-state index contributed by atoms with van der Waals surface area (Å²) in [6.07, 6.45) is -0.125. The van der Waals surface area contributed by atoms with E-state index >= 15 is 0 Å². The first-order chi connectivity index (χ1) is 9.52. The van der Waals surface area contributed by atoms with Crippen molar-refractivity contribution < 1.29 is 17.6 Å². The molecule has 0 aromatic heterocycles. The molecule has 0 aliphatic rings. The Labute approximate surface area is 113 Å². The number of hydrogen-bond donors (Lipinski definition) is 2. The second-order valence-corrected chi connectivity index (χ2v) is 4.30. The van der Waals surface area contributed by atoms with Gasteiger partial charge in [0.15, 0.2) is 11.6 Å². The Morgan fingerprint density at radius 2 is 1.55 bits per heavy atom. The standard InChI is InChI=1S/C14H12F4N2/c15-10-2-1-3-11(16)9(10)7-14(20-19)8-4-5-12(17)13(18)6-8/h1-6,14,20H,7,19H2. The summed E-state index contributed by atoms with van der Waals surface area (Å²) in [5, 5.41) is 0. The summed E-state index contributed by atoms with van der Waals surface area (Å²) < 4.78 is 53.2. The third kappa shape index (κ3) is 2.97. The first-order valence-corrected chi connectivity index (χ1v) is 5.87. The molecule has 2 aromatic carbocycles. The number of hydrogen-bond acceptors (Lipinski definition) is 2. The molecule has 2 aromatic rings. The molecule has 2 rings (SSSR count). The minimum absolute atomic E-state index is 0.125. The van der Waals surface area contributed by atoms with Crippen molar-refractivity contribution in [2.45, 2.75) is 12.5 Å². The lowest BCUT2D eigenvalue weighted by atomic mass is 9.98. The Kier molecular flexibility index (Phi) is 4.36. The quantitative estimate of drug-likeness (QED) is 0.514. The van der Waals surface area contributed by atoms with Crippen LogP contribution in [0.2, 0.25) is 0 Å². The number of hydrazine groups is 1. The van der Waals surface area contributed by atoms with Crippen LogP contribution in [0.15, 0.2) is 36.4 Å². The number of rotatable bonds is 4. The summed E-state index contributed by atoms with van der Waals surface area (Å²) in [6.45, 7) is 0. The molecule has 0 heterocycles. The van der Waals surface area contributed by atoms with Gasteiger partial charge in [-0.05, 0) is 36.2 Å². The van der Waals surface area contributed by atoms with Crippen LogP contribution in [0.3, 0.4) is 0 Å². The highest BCUT2D eigenvalue weighted by Gasteiger charge is 2.17. The highest BCUT2D eigenvalue weighted by atomic mass is 19.2. The van der Waals surface area contributed by atoms with E-state index in [0.717, 1.165) is 24.3 Å². The highest BCUT2D eigenvalue weighted by molar-refractivity contribution is 5.26. The van der Waals surface area contributed by atoms with Crippen LogP contribution in [0.4, 0.5) is 17.6 Å². The van der Waals surface area contributed by atoms with Gasteiger partial charge in [0, 0.05) is 5.56 Å². The highest BCUT2D eigenvalue weighted by Crippen LogP contribution is 2.23. The van der Waals surface area contributed by atoms with Crippen molar-refractivity contribution in [1.29, 1.82) is 0 Å². The van der Waals surface area contributed by atoms with Gasteiger partial charge in [-0.25, -0.2) is 17.6 Å². The maximum Gasteiger partial charge on any atom is 0.159 e. The Morgan fingerprint density at radius 3 is 2.10 bits per heavy atom. The molecule has 0 radical (unpaired) electrons.